The van der Waals surface area contributed by atoms with Crippen LogP contribution in [0.2, 0.25) is 0 Å². The minimum atomic E-state index is 0.879. The summed E-state index contributed by atoms with van der Waals surface area (Å²) in [6, 6.07) is 40.1. The second kappa shape index (κ2) is 8.33. The Bertz CT molecular complexity index is 2090. The first kappa shape index (κ1) is 21.2. The van der Waals surface area contributed by atoms with Gasteiger partial charge in [-0.05, 0) is 35.4 Å². The molecule has 4 aromatic heterocycles. The molecule has 0 aliphatic rings. The SMILES string of the molecule is c1ccc2sc(-c3ccc(-c4ccc(-c5nc6c(nc7ccccn76)c6ccccc56)cc4)cc3)nc2c1. The van der Waals surface area contributed by atoms with Gasteiger partial charge in [-0.25, -0.2) is 15.0 Å². The van der Waals surface area contributed by atoms with Crippen LogP contribution in [0.3, 0.4) is 0 Å². The minimum Gasteiger partial charge on any atom is -0.284 e. The van der Waals surface area contributed by atoms with Gasteiger partial charge in [0.1, 0.15) is 16.2 Å². The molecule has 0 amide bonds. The number of fused-ring (bicyclic) bond motifs is 6. The fourth-order valence-corrected chi connectivity index (χ4v) is 6.15. The lowest BCUT2D eigenvalue weighted by Crippen LogP contribution is -1.91. The molecule has 8 rings (SSSR count). The van der Waals surface area contributed by atoms with Gasteiger partial charge in [0.25, 0.3) is 0 Å². The normalized spacial score (nSPS) is 11.7. The number of aromatic nitrogens is 4. The van der Waals surface area contributed by atoms with Crippen LogP contribution >= 0.6 is 11.3 Å². The first-order chi connectivity index (χ1) is 18.8. The molecular weight excluding hydrogens is 484 g/mol. The van der Waals surface area contributed by atoms with Crippen LogP contribution in [0.5, 0.6) is 0 Å². The number of pyridine rings is 2. The van der Waals surface area contributed by atoms with Crippen molar-refractivity contribution >= 4 is 49.1 Å². The van der Waals surface area contributed by atoms with E-state index in [4.69, 9.17) is 15.0 Å². The van der Waals surface area contributed by atoms with Crippen molar-refractivity contribution in [1.29, 1.82) is 0 Å². The molecular formula is C33H20N4S. The van der Waals surface area contributed by atoms with Gasteiger partial charge < -0.3 is 0 Å². The van der Waals surface area contributed by atoms with Crippen LogP contribution in [0.4, 0.5) is 0 Å². The maximum absolute atomic E-state index is 5.12. The van der Waals surface area contributed by atoms with E-state index >= 15 is 0 Å². The van der Waals surface area contributed by atoms with Crippen LogP contribution in [0.15, 0.2) is 121 Å². The number of para-hydroxylation sites is 1. The molecule has 0 aliphatic carbocycles. The summed E-state index contributed by atoms with van der Waals surface area (Å²) < 4.78 is 3.28. The lowest BCUT2D eigenvalue weighted by molar-refractivity contribution is 1.19. The van der Waals surface area contributed by atoms with Crippen molar-refractivity contribution < 1.29 is 0 Å². The van der Waals surface area contributed by atoms with Crippen LogP contribution in [0, 0.1) is 0 Å². The smallest absolute Gasteiger partial charge is 0.165 e. The third kappa shape index (κ3) is 3.33. The number of rotatable bonds is 3. The number of nitrogens with zero attached hydrogens (tertiary/aromatic N) is 4. The summed E-state index contributed by atoms with van der Waals surface area (Å²) in [5.74, 6) is 0. The fraction of sp³-hybridized carbons (Fsp3) is 0. The zero-order valence-corrected chi connectivity index (χ0v) is 21.1. The molecule has 178 valence electrons. The van der Waals surface area contributed by atoms with Crippen molar-refractivity contribution in [3.8, 4) is 33.0 Å². The highest BCUT2D eigenvalue weighted by atomic mass is 32.1. The molecule has 0 saturated carbocycles. The Kier molecular flexibility index (Phi) is 4.66. The van der Waals surface area contributed by atoms with Crippen LogP contribution < -0.4 is 0 Å². The molecule has 4 nitrogen and oxygen atoms in total. The molecule has 0 radical (unpaired) electrons. The zero-order chi connectivity index (χ0) is 25.1. The Morgan fingerprint density at radius 2 is 1.18 bits per heavy atom. The van der Waals surface area contributed by atoms with Crippen molar-refractivity contribution in [3.63, 3.8) is 0 Å². The van der Waals surface area contributed by atoms with Crippen LogP contribution in [0.1, 0.15) is 0 Å². The Labute approximate surface area is 222 Å². The number of hydrogen-bond acceptors (Lipinski definition) is 4. The molecule has 0 saturated heterocycles. The maximum Gasteiger partial charge on any atom is 0.165 e. The topological polar surface area (TPSA) is 43.1 Å². The van der Waals surface area contributed by atoms with Gasteiger partial charge in [-0.3, -0.25) is 4.40 Å². The largest absolute Gasteiger partial charge is 0.284 e. The quantitative estimate of drug-likeness (QED) is 0.242. The van der Waals surface area contributed by atoms with Crippen molar-refractivity contribution in [2.24, 2.45) is 0 Å². The van der Waals surface area contributed by atoms with Crippen molar-refractivity contribution in [2.45, 2.75) is 0 Å². The highest BCUT2D eigenvalue weighted by molar-refractivity contribution is 7.21. The average molecular weight is 505 g/mol. The van der Waals surface area contributed by atoms with Gasteiger partial charge >= 0.3 is 0 Å². The average Bonchev–Trinajstić information content (AvgIpc) is 3.59. The summed E-state index contributed by atoms with van der Waals surface area (Å²) >= 11 is 1.73. The molecule has 5 heteroatoms. The Balaban J connectivity index is 1.18. The molecule has 0 atom stereocenters. The van der Waals surface area contributed by atoms with Crippen molar-refractivity contribution in [2.75, 3.05) is 0 Å². The number of thiazole rings is 1. The maximum atomic E-state index is 5.12. The van der Waals surface area contributed by atoms with Crippen LogP contribution in [0.25, 0.3) is 70.8 Å². The predicted octanol–water partition coefficient (Wildman–Crippen LogP) is 8.65. The third-order valence-corrected chi connectivity index (χ3v) is 8.16. The predicted molar refractivity (Wildman–Crippen MR) is 157 cm³/mol. The van der Waals surface area contributed by atoms with E-state index < -0.39 is 0 Å². The molecule has 4 heterocycles. The van der Waals surface area contributed by atoms with Gasteiger partial charge in [-0.1, -0.05) is 91.0 Å². The summed E-state index contributed by atoms with van der Waals surface area (Å²) in [6.07, 6.45) is 2.03. The zero-order valence-electron chi connectivity index (χ0n) is 20.2. The second-order valence-corrected chi connectivity index (χ2v) is 10.4. The van der Waals surface area contributed by atoms with Gasteiger partial charge in [0, 0.05) is 28.1 Å². The highest BCUT2D eigenvalue weighted by Gasteiger charge is 2.15. The third-order valence-electron chi connectivity index (χ3n) is 7.08. The molecule has 0 unspecified atom stereocenters. The number of benzene rings is 4. The van der Waals surface area contributed by atoms with E-state index in [-0.39, 0.29) is 0 Å². The summed E-state index contributed by atoms with van der Waals surface area (Å²) in [6.45, 7) is 0. The highest BCUT2D eigenvalue weighted by Crippen LogP contribution is 2.35. The molecule has 8 aromatic rings. The van der Waals surface area contributed by atoms with Gasteiger partial charge in [0.2, 0.25) is 0 Å². The lowest BCUT2D eigenvalue weighted by Gasteiger charge is -2.09. The summed E-state index contributed by atoms with van der Waals surface area (Å²) in [7, 11) is 0. The number of imidazole rings is 1. The second-order valence-electron chi connectivity index (χ2n) is 9.36. The summed E-state index contributed by atoms with van der Waals surface area (Å²) in [4.78, 5) is 14.8. The Morgan fingerprint density at radius 1 is 0.526 bits per heavy atom. The van der Waals surface area contributed by atoms with E-state index in [0.717, 1.165) is 54.9 Å². The van der Waals surface area contributed by atoms with Crippen molar-refractivity contribution in [1.82, 2.24) is 19.4 Å². The molecule has 0 spiro atoms. The van der Waals surface area contributed by atoms with E-state index in [1.54, 1.807) is 11.3 Å². The van der Waals surface area contributed by atoms with E-state index in [0.29, 0.717) is 0 Å². The molecule has 0 fully saturated rings. The first-order valence-electron chi connectivity index (χ1n) is 12.5. The fourth-order valence-electron chi connectivity index (χ4n) is 5.17. The monoisotopic (exact) mass is 504 g/mol. The Morgan fingerprint density at radius 3 is 1.97 bits per heavy atom. The summed E-state index contributed by atoms with van der Waals surface area (Å²) in [5.41, 5.74) is 9.31. The molecule has 0 bridgehead atoms. The molecule has 0 aliphatic heterocycles. The van der Waals surface area contributed by atoms with Crippen molar-refractivity contribution in [3.05, 3.63) is 121 Å². The van der Waals surface area contributed by atoms with Crippen LogP contribution in [-0.2, 0) is 0 Å². The van der Waals surface area contributed by atoms with Gasteiger partial charge in [-0.15, -0.1) is 11.3 Å². The van der Waals surface area contributed by atoms with Gasteiger partial charge in [0.05, 0.1) is 15.9 Å². The van der Waals surface area contributed by atoms with E-state index in [9.17, 15) is 0 Å². The minimum absolute atomic E-state index is 0.879. The first-order valence-corrected chi connectivity index (χ1v) is 13.4. The Hall–Kier alpha value is -4.87. The van der Waals surface area contributed by atoms with Gasteiger partial charge in [-0.2, -0.15) is 0 Å². The lowest BCUT2D eigenvalue weighted by atomic mass is 9.99. The van der Waals surface area contributed by atoms with E-state index in [1.165, 1.54) is 15.8 Å². The number of hydrogen-bond donors (Lipinski definition) is 0. The standard InChI is InChI=1S/C33H20N4S/c1-2-8-26-25(7-1)30(36-32-31(26)35-29-11-5-6-20-37(29)32)23-16-12-21(13-17-23)22-14-18-24(19-15-22)33-34-27-9-3-4-10-28(27)38-33/h1-20H. The van der Waals surface area contributed by atoms with Crippen LogP contribution in [-0.4, -0.2) is 19.4 Å². The van der Waals surface area contributed by atoms with E-state index in [1.807, 2.05) is 30.5 Å². The molecule has 4 aromatic carbocycles. The summed E-state index contributed by atoms with van der Waals surface area (Å²) in [5, 5.41) is 3.27. The van der Waals surface area contributed by atoms with Gasteiger partial charge in [0.15, 0.2) is 5.65 Å². The molecule has 38 heavy (non-hydrogen) atoms. The van der Waals surface area contributed by atoms with E-state index in [2.05, 4.69) is 95.4 Å². The molecule has 0 N–H and O–H groups in total.